The Morgan fingerprint density at radius 3 is 2.32 bits per heavy atom. The van der Waals surface area contributed by atoms with Crippen molar-refractivity contribution in [1.29, 1.82) is 0 Å². The van der Waals surface area contributed by atoms with E-state index in [0.29, 0.717) is 0 Å². The lowest BCUT2D eigenvalue weighted by atomic mass is 9.89. The minimum absolute atomic E-state index is 0.213. The molecule has 0 unspecified atom stereocenters. The number of alkyl halides is 1. The van der Waals surface area contributed by atoms with E-state index in [9.17, 15) is 8.42 Å². The lowest BCUT2D eigenvalue weighted by Gasteiger charge is -2.26. The van der Waals surface area contributed by atoms with Crippen LogP contribution in [-0.4, -0.2) is 19.5 Å². The molecule has 0 radical (unpaired) electrons. The molecule has 1 aliphatic rings. The van der Waals surface area contributed by atoms with E-state index < -0.39 is 14.9 Å². The van der Waals surface area contributed by atoms with Crippen LogP contribution in [-0.2, 0) is 10.0 Å². The van der Waals surface area contributed by atoms with Gasteiger partial charge >= 0.3 is 0 Å². The molecule has 2 rings (SSSR count). The van der Waals surface area contributed by atoms with E-state index in [1.165, 1.54) is 6.21 Å². The number of nitrogens with zero attached hydrogens (tertiary/aromatic N) is 1. The number of aryl methyl sites for hydroxylation is 1. The van der Waals surface area contributed by atoms with Gasteiger partial charge in [0.25, 0.3) is 10.0 Å². The molecule has 0 saturated heterocycles. The summed E-state index contributed by atoms with van der Waals surface area (Å²) in [5.41, 5.74) is 1.02. The van der Waals surface area contributed by atoms with Crippen molar-refractivity contribution in [3.05, 3.63) is 29.8 Å². The van der Waals surface area contributed by atoms with E-state index in [-0.39, 0.29) is 4.90 Å². The molecule has 3 nitrogen and oxygen atoms in total. The quantitative estimate of drug-likeness (QED) is 0.631. The lowest BCUT2D eigenvalue weighted by molar-refractivity contribution is 0.469. The van der Waals surface area contributed by atoms with E-state index in [1.807, 2.05) is 6.92 Å². The van der Waals surface area contributed by atoms with Crippen molar-refractivity contribution in [2.75, 3.05) is 0 Å². The van der Waals surface area contributed by atoms with Gasteiger partial charge in [-0.15, -0.1) is 11.6 Å². The molecule has 0 N–H and O–H groups in total. The average Bonchev–Trinajstić information content (AvgIpc) is 2.38. The highest BCUT2D eigenvalue weighted by Crippen LogP contribution is 2.32. The Morgan fingerprint density at radius 1 is 1.16 bits per heavy atom. The van der Waals surface area contributed by atoms with Gasteiger partial charge in [0.1, 0.15) is 0 Å². The fraction of sp³-hybridized carbons (Fsp3) is 0.500. The summed E-state index contributed by atoms with van der Waals surface area (Å²) in [4.78, 5) is -0.374. The van der Waals surface area contributed by atoms with Crippen molar-refractivity contribution < 1.29 is 8.42 Å². The SMILES string of the molecule is Cc1ccc(S(=O)(=O)/N=C/C2(Cl)CCCCC2)cc1. The van der Waals surface area contributed by atoms with Crippen molar-refractivity contribution in [3.8, 4) is 0 Å². The van der Waals surface area contributed by atoms with Crippen LogP contribution in [0.4, 0.5) is 0 Å². The van der Waals surface area contributed by atoms with Crippen LogP contribution in [0.2, 0.25) is 0 Å². The molecule has 0 spiro atoms. The van der Waals surface area contributed by atoms with Gasteiger partial charge in [-0.2, -0.15) is 12.8 Å². The van der Waals surface area contributed by atoms with Gasteiger partial charge in [0.15, 0.2) is 0 Å². The monoisotopic (exact) mass is 299 g/mol. The number of rotatable bonds is 3. The van der Waals surface area contributed by atoms with Crippen molar-refractivity contribution in [2.45, 2.75) is 48.8 Å². The van der Waals surface area contributed by atoms with Gasteiger partial charge in [-0.3, -0.25) is 0 Å². The zero-order valence-corrected chi connectivity index (χ0v) is 12.5. The molecule has 1 saturated carbocycles. The second kappa shape index (κ2) is 5.63. The summed E-state index contributed by atoms with van der Waals surface area (Å²) in [6.45, 7) is 1.91. The second-order valence-corrected chi connectivity index (χ2v) is 7.50. The smallest absolute Gasteiger partial charge is 0.199 e. The highest BCUT2D eigenvalue weighted by atomic mass is 35.5. The third-order valence-electron chi connectivity index (χ3n) is 3.43. The first-order valence-electron chi connectivity index (χ1n) is 6.48. The zero-order valence-electron chi connectivity index (χ0n) is 11.0. The molecule has 1 aliphatic carbocycles. The van der Waals surface area contributed by atoms with Gasteiger partial charge in [0, 0.05) is 6.21 Å². The third kappa shape index (κ3) is 3.80. The molecule has 1 aromatic carbocycles. The summed E-state index contributed by atoms with van der Waals surface area (Å²) in [6.07, 6.45) is 6.22. The molecule has 104 valence electrons. The van der Waals surface area contributed by atoms with Gasteiger partial charge in [0.05, 0.1) is 9.77 Å². The molecule has 1 aromatic rings. The van der Waals surface area contributed by atoms with Crippen molar-refractivity contribution in [1.82, 2.24) is 0 Å². The standard InChI is InChI=1S/C14H18ClNO2S/c1-12-5-7-13(8-6-12)19(17,18)16-11-14(15)9-3-2-4-10-14/h5-8,11H,2-4,9-10H2,1H3/b16-11+. The number of hydrogen-bond donors (Lipinski definition) is 0. The van der Waals surface area contributed by atoms with Gasteiger partial charge in [0.2, 0.25) is 0 Å². The predicted molar refractivity (Wildman–Crippen MR) is 78.5 cm³/mol. The zero-order chi connectivity index (χ0) is 13.9. The second-order valence-electron chi connectivity index (χ2n) is 5.12. The molecule has 0 heterocycles. The summed E-state index contributed by atoms with van der Waals surface area (Å²) < 4.78 is 27.9. The summed E-state index contributed by atoms with van der Waals surface area (Å²) in [7, 11) is -3.63. The molecule has 5 heteroatoms. The first-order valence-corrected chi connectivity index (χ1v) is 8.30. The number of hydrogen-bond acceptors (Lipinski definition) is 2. The molecule has 19 heavy (non-hydrogen) atoms. The average molecular weight is 300 g/mol. The number of halogens is 1. The van der Waals surface area contributed by atoms with Crippen LogP contribution in [0.1, 0.15) is 37.7 Å². The molecule has 0 amide bonds. The summed E-state index contributed by atoms with van der Waals surface area (Å²) in [5, 5.41) is 0. The Kier molecular flexibility index (Phi) is 4.31. The molecule has 0 atom stereocenters. The first kappa shape index (κ1) is 14.5. The van der Waals surface area contributed by atoms with Crippen LogP contribution in [0.5, 0.6) is 0 Å². The Labute approximate surface area is 119 Å². The molecule has 0 bridgehead atoms. The molecule has 1 fully saturated rings. The van der Waals surface area contributed by atoms with Crippen LogP contribution in [0.3, 0.4) is 0 Å². The van der Waals surface area contributed by atoms with Gasteiger partial charge in [-0.25, -0.2) is 0 Å². The Balaban J connectivity index is 2.19. The summed E-state index contributed by atoms with van der Waals surface area (Å²) in [6, 6.07) is 6.67. The van der Waals surface area contributed by atoms with Crippen LogP contribution in [0, 0.1) is 6.92 Å². The van der Waals surface area contributed by atoms with E-state index in [1.54, 1.807) is 24.3 Å². The third-order valence-corrected chi connectivity index (χ3v) is 5.15. The molecule has 0 aliphatic heterocycles. The topological polar surface area (TPSA) is 46.5 Å². The Morgan fingerprint density at radius 2 is 1.74 bits per heavy atom. The molecular formula is C14H18ClNO2S. The van der Waals surface area contributed by atoms with Crippen molar-refractivity contribution in [2.24, 2.45) is 4.40 Å². The fourth-order valence-electron chi connectivity index (χ4n) is 2.20. The van der Waals surface area contributed by atoms with Crippen LogP contribution < -0.4 is 0 Å². The largest absolute Gasteiger partial charge is 0.282 e. The van der Waals surface area contributed by atoms with Crippen LogP contribution in [0.15, 0.2) is 33.6 Å². The van der Waals surface area contributed by atoms with Gasteiger partial charge in [-0.1, -0.05) is 37.0 Å². The summed E-state index contributed by atoms with van der Waals surface area (Å²) in [5.74, 6) is 0. The Hall–Kier alpha value is -0.870. The first-order chi connectivity index (χ1) is 8.91. The molecular weight excluding hydrogens is 282 g/mol. The highest BCUT2D eigenvalue weighted by Gasteiger charge is 2.28. The van der Waals surface area contributed by atoms with E-state index in [4.69, 9.17) is 11.6 Å². The molecule has 0 aromatic heterocycles. The van der Waals surface area contributed by atoms with E-state index in [0.717, 1.165) is 37.7 Å². The highest BCUT2D eigenvalue weighted by molar-refractivity contribution is 7.90. The maximum atomic E-state index is 12.1. The van der Waals surface area contributed by atoms with Crippen molar-refractivity contribution in [3.63, 3.8) is 0 Å². The van der Waals surface area contributed by atoms with Gasteiger partial charge in [-0.05, 0) is 31.9 Å². The van der Waals surface area contributed by atoms with Crippen LogP contribution in [0.25, 0.3) is 0 Å². The maximum absolute atomic E-state index is 12.1. The maximum Gasteiger partial charge on any atom is 0.282 e. The minimum Gasteiger partial charge on any atom is -0.199 e. The lowest BCUT2D eigenvalue weighted by Crippen LogP contribution is -2.26. The fourth-order valence-corrected chi connectivity index (χ4v) is 3.52. The predicted octanol–water partition coefficient (Wildman–Crippen LogP) is 3.70. The van der Waals surface area contributed by atoms with Crippen LogP contribution >= 0.6 is 11.6 Å². The normalized spacial score (nSPS) is 19.7. The van der Waals surface area contributed by atoms with E-state index >= 15 is 0 Å². The number of sulfonamides is 1. The minimum atomic E-state index is -3.63. The Bertz CT molecular complexity index is 558. The van der Waals surface area contributed by atoms with E-state index in [2.05, 4.69) is 4.40 Å². The summed E-state index contributed by atoms with van der Waals surface area (Å²) >= 11 is 6.38. The number of benzene rings is 1. The van der Waals surface area contributed by atoms with Crippen molar-refractivity contribution >= 4 is 27.8 Å². The van der Waals surface area contributed by atoms with Gasteiger partial charge < -0.3 is 0 Å².